The lowest BCUT2D eigenvalue weighted by molar-refractivity contribution is 0.0686. The Balaban J connectivity index is 2.10. The highest BCUT2D eigenvalue weighted by Gasteiger charge is 2.27. The van der Waals surface area contributed by atoms with Gasteiger partial charge in [0.25, 0.3) is 0 Å². The third-order valence-corrected chi connectivity index (χ3v) is 4.97. The van der Waals surface area contributed by atoms with Gasteiger partial charge >= 0.3 is 5.97 Å². The minimum atomic E-state index is -3.70. The van der Waals surface area contributed by atoms with Crippen molar-refractivity contribution in [3.8, 4) is 0 Å². The number of aryl methyl sites for hydroxylation is 1. The molecular formula is C12H18N2O5S. The van der Waals surface area contributed by atoms with E-state index in [9.17, 15) is 13.2 Å². The Morgan fingerprint density at radius 1 is 1.60 bits per heavy atom. The van der Waals surface area contributed by atoms with E-state index in [1.165, 1.54) is 17.8 Å². The van der Waals surface area contributed by atoms with E-state index in [1.54, 1.807) is 0 Å². The Bertz CT molecular complexity index is 607. The lowest BCUT2D eigenvalue weighted by Crippen LogP contribution is -2.31. The summed E-state index contributed by atoms with van der Waals surface area (Å²) in [6.45, 7) is 2.85. The monoisotopic (exact) mass is 302 g/mol. The van der Waals surface area contributed by atoms with Crippen LogP contribution in [-0.2, 0) is 21.8 Å². The molecule has 7 nitrogen and oxygen atoms in total. The number of aromatic carboxylic acids is 1. The van der Waals surface area contributed by atoms with Crippen molar-refractivity contribution in [2.75, 3.05) is 13.2 Å². The molecule has 20 heavy (non-hydrogen) atoms. The molecule has 0 radical (unpaired) electrons. The number of carboxylic acids is 1. The largest absolute Gasteiger partial charge is 0.477 e. The number of rotatable bonds is 5. The van der Waals surface area contributed by atoms with Gasteiger partial charge in [-0.3, -0.25) is 0 Å². The van der Waals surface area contributed by atoms with Gasteiger partial charge < -0.3 is 14.4 Å². The fourth-order valence-electron chi connectivity index (χ4n) is 2.24. The summed E-state index contributed by atoms with van der Waals surface area (Å²) in [5.41, 5.74) is -0.0667. The molecule has 2 rings (SSSR count). The molecule has 0 aliphatic carbocycles. The Kier molecular flexibility index (Phi) is 4.17. The van der Waals surface area contributed by atoms with Gasteiger partial charge in [-0.25, -0.2) is 17.9 Å². The third kappa shape index (κ3) is 3.02. The molecule has 1 saturated heterocycles. The van der Waals surface area contributed by atoms with Crippen molar-refractivity contribution in [3.63, 3.8) is 0 Å². The Labute approximate surface area is 117 Å². The summed E-state index contributed by atoms with van der Waals surface area (Å²) in [6, 6.07) is 1.15. The number of ether oxygens (including phenoxy) is 1. The van der Waals surface area contributed by atoms with Gasteiger partial charge in [0.1, 0.15) is 10.6 Å². The topological polar surface area (TPSA) is 97.6 Å². The molecule has 0 amide bonds. The van der Waals surface area contributed by atoms with Gasteiger partial charge in [-0.05, 0) is 19.4 Å². The van der Waals surface area contributed by atoms with Crippen LogP contribution in [0.2, 0.25) is 0 Å². The first-order chi connectivity index (χ1) is 9.31. The molecule has 1 aliphatic heterocycles. The Morgan fingerprint density at radius 2 is 2.30 bits per heavy atom. The second-order valence-corrected chi connectivity index (χ2v) is 6.72. The fraction of sp³-hybridized carbons (Fsp3) is 0.583. The highest BCUT2D eigenvalue weighted by Crippen LogP contribution is 2.20. The average Bonchev–Trinajstić information content (AvgIpc) is 2.93. The van der Waals surface area contributed by atoms with Crippen molar-refractivity contribution < 1.29 is 23.1 Å². The minimum absolute atomic E-state index is 0.0306. The van der Waals surface area contributed by atoms with Crippen molar-refractivity contribution in [2.24, 2.45) is 13.0 Å². The van der Waals surface area contributed by atoms with Crippen molar-refractivity contribution in [1.29, 1.82) is 0 Å². The van der Waals surface area contributed by atoms with E-state index in [0.29, 0.717) is 13.2 Å². The molecule has 1 aromatic heterocycles. The molecule has 8 heteroatoms. The van der Waals surface area contributed by atoms with Crippen LogP contribution in [-0.4, -0.2) is 43.3 Å². The van der Waals surface area contributed by atoms with Crippen LogP contribution in [0.4, 0.5) is 0 Å². The van der Waals surface area contributed by atoms with Crippen molar-refractivity contribution in [3.05, 3.63) is 18.0 Å². The number of sulfonamides is 1. The van der Waals surface area contributed by atoms with Crippen LogP contribution in [0, 0.1) is 5.92 Å². The highest BCUT2D eigenvalue weighted by atomic mass is 32.2. The lowest BCUT2D eigenvalue weighted by atomic mass is 10.0. The highest BCUT2D eigenvalue weighted by molar-refractivity contribution is 7.89. The van der Waals surface area contributed by atoms with Gasteiger partial charge in [-0.1, -0.05) is 0 Å². The number of carbonyl (C=O) groups is 1. The van der Waals surface area contributed by atoms with Crippen molar-refractivity contribution in [1.82, 2.24) is 9.29 Å². The van der Waals surface area contributed by atoms with Gasteiger partial charge in [0.15, 0.2) is 0 Å². The second-order valence-electron chi connectivity index (χ2n) is 4.95. The summed E-state index contributed by atoms with van der Waals surface area (Å²) < 4.78 is 33.4. The quantitative estimate of drug-likeness (QED) is 0.822. The molecule has 2 atom stereocenters. The lowest BCUT2D eigenvalue weighted by Gasteiger charge is -2.14. The zero-order valence-corrected chi connectivity index (χ0v) is 12.2. The maximum absolute atomic E-state index is 12.1. The molecule has 1 fully saturated rings. The van der Waals surface area contributed by atoms with Crippen LogP contribution in [0.25, 0.3) is 0 Å². The van der Waals surface area contributed by atoms with E-state index in [2.05, 4.69) is 4.72 Å². The van der Waals surface area contributed by atoms with Crippen molar-refractivity contribution >= 4 is 16.0 Å². The van der Waals surface area contributed by atoms with Crippen molar-refractivity contribution in [2.45, 2.75) is 24.3 Å². The van der Waals surface area contributed by atoms with Crippen LogP contribution in [0.3, 0.4) is 0 Å². The summed E-state index contributed by atoms with van der Waals surface area (Å²) in [5, 5.41) is 8.93. The zero-order valence-electron chi connectivity index (χ0n) is 11.4. The molecular weight excluding hydrogens is 284 g/mol. The Hall–Kier alpha value is -1.38. The zero-order chi connectivity index (χ0) is 14.9. The van der Waals surface area contributed by atoms with E-state index in [0.717, 1.165) is 12.5 Å². The number of nitrogens with zero attached hydrogens (tertiary/aromatic N) is 1. The van der Waals surface area contributed by atoms with Crippen LogP contribution in [0.1, 0.15) is 23.8 Å². The molecule has 112 valence electrons. The molecule has 2 unspecified atom stereocenters. The summed E-state index contributed by atoms with van der Waals surface area (Å²) >= 11 is 0. The minimum Gasteiger partial charge on any atom is -0.477 e. The summed E-state index contributed by atoms with van der Waals surface area (Å²) in [6.07, 6.45) is 2.14. The van der Waals surface area contributed by atoms with E-state index in [-0.39, 0.29) is 22.6 Å². The van der Waals surface area contributed by atoms with E-state index < -0.39 is 16.0 Å². The smallest absolute Gasteiger partial charge is 0.352 e. The van der Waals surface area contributed by atoms with Crippen LogP contribution in [0.5, 0.6) is 0 Å². The molecule has 0 spiro atoms. The molecule has 1 aromatic rings. The molecule has 0 bridgehead atoms. The van der Waals surface area contributed by atoms with Gasteiger partial charge in [0.05, 0.1) is 6.10 Å². The third-order valence-electron chi connectivity index (χ3n) is 3.58. The normalized spacial score (nSPS) is 23.1. The second kappa shape index (κ2) is 5.55. The molecule has 2 heterocycles. The van der Waals surface area contributed by atoms with Crippen LogP contribution < -0.4 is 4.72 Å². The summed E-state index contributed by atoms with van der Waals surface area (Å²) in [5.74, 6) is -1.01. The number of nitrogens with one attached hydrogen (secondary N) is 1. The van der Waals surface area contributed by atoms with Gasteiger partial charge in [0, 0.05) is 32.3 Å². The summed E-state index contributed by atoms with van der Waals surface area (Å²) in [7, 11) is -2.20. The standard InChI is InChI=1S/C12H18N2O5S/c1-8-9(3-4-19-8)6-13-20(17,18)10-5-11(12(15)16)14(2)7-10/h5,7-9,13H,3-4,6H2,1-2H3,(H,15,16). The van der Waals surface area contributed by atoms with E-state index in [4.69, 9.17) is 9.84 Å². The van der Waals surface area contributed by atoms with Gasteiger partial charge in [-0.2, -0.15) is 0 Å². The summed E-state index contributed by atoms with van der Waals surface area (Å²) in [4.78, 5) is 10.9. The first kappa shape index (κ1) is 15.0. The predicted octanol–water partition coefficient (Wildman–Crippen LogP) is 0.427. The molecule has 2 N–H and O–H groups in total. The Morgan fingerprint density at radius 3 is 2.80 bits per heavy atom. The number of aromatic nitrogens is 1. The maximum Gasteiger partial charge on any atom is 0.352 e. The first-order valence-electron chi connectivity index (χ1n) is 6.32. The predicted molar refractivity (Wildman–Crippen MR) is 71.1 cm³/mol. The molecule has 0 aromatic carbocycles. The first-order valence-corrected chi connectivity index (χ1v) is 7.80. The number of hydrogen-bond acceptors (Lipinski definition) is 4. The van der Waals surface area contributed by atoms with E-state index >= 15 is 0 Å². The molecule has 0 saturated carbocycles. The van der Waals surface area contributed by atoms with Crippen LogP contribution in [0.15, 0.2) is 17.2 Å². The molecule has 1 aliphatic rings. The van der Waals surface area contributed by atoms with E-state index in [1.807, 2.05) is 6.92 Å². The maximum atomic E-state index is 12.1. The van der Waals surface area contributed by atoms with Crippen LogP contribution >= 0.6 is 0 Å². The average molecular weight is 302 g/mol. The fourth-order valence-corrected chi connectivity index (χ4v) is 3.40. The number of carboxylic acid groups (broad SMARTS) is 1. The SMILES string of the molecule is CC1OCCC1CNS(=O)(=O)c1cc(C(=O)O)n(C)c1. The van der Waals surface area contributed by atoms with Gasteiger partial charge in [0.2, 0.25) is 10.0 Å². The van der Waals surface area contributed by atoms with Gasteiger partial charge in [-0.15, -0.1) is 0 Å². The number of hydrogen-bond donors (Lipinski definition) is 2.